The molecule has 25 heavy (non-hydrogen) atoms. The van der Waals surface area contributed by atoms with Crippen molar-refractivity contribution in [1.82, 2.24) is 5.32 Å². The van der Waals surface area contributed by atoms with E-state index >= 15 is 0 Å². The van der Waals surface area contributed by atoms with Gasteiger partial charge >= 0.3 is 0 Å². The van der Waals surface area contributed by atoms with Gasteiger partial charge in [-0.25, -0.2) is 0 Å². The largest absolute Gasteiger partial charge is 0.412 e. The smallest absolute Gasteiger partial charge is 0.0267 e. The minimum Gasteiger partial charge on any atom is -0.412 e. The predicted octanol–water partition coefficient (Wildman–Crippen LogP) is 4.91. The Morgan fingerprint density at radius 3 is 1.96 bits per heavy atom. The van der Waals surface area contributed by atoms with E-state index in [1.165, 1.54) is 23.5 Å². The van der Waals surface area contributed by atoms with E-state index in [-0.39, 0.29) is 5.48 Å². The molecule has 146 valence electrons. The standard InChI is InChI=1S/C9H14ClN.C6H10N2.C3H6.C2H6.H2O/c1-3-9(5-4-7-10)6-8-11-2;1-5(2)6(3-7)4-8;1-3-2;1-2;/h3-5,7,11H,1,6,8H2,2H3;3-4,7H,1,8H2,2H3;3H,1H2,2H3;1-2H3;1H2/b7-4+,9-5+;6-4+,7-3?;;;. The van der Waals surface area contributed by atoms with Gasteiger partial charge in [0.15, 0.2) is 0 Å². The quantitative estimate of drug-likeness (QED) is 0.337. The van der Waals surface area contributed by atoms with E-state index in [9.17, 15) is 0 Å². The fraction of sp³-hybridized carbons (Fsp3) is 0.350. The summed E-state index contributed by atoms with van der Waals surface area (Å²) in [6.07, 6.45) is 10.9. The van der Waals surface area contributed by atoms with Crippen molar-refractivity contribution < 1.29 is 5.48 Å². The van der Waals surface area contributed by atoms with E-state index < -0.39 is 0 Å². The number of rotatable bonds is 7. The third-order valence-electron chi connectivity index (χ3n) is 2.14. The lowest BCUT2D eigenvalue weighted by Gasteiger charge is -1.98. The van der Waals surface area contributed by atoms with Crippen molar-refractivity contribution >= 4 is 17.8 Å². The molecule has 0 amide bonds. The second-order valence-electron chi connectivity index (χ2n) is 4.07. The minimum absolute atomic E-state index is 0. The Labute approximate surface area is 160 Å². The maximum Gasteiger partial charge on any atom is 0.0267 e. The van der Waals surface area contributed by atoms with Crippen LogP contribution in [0.3, 0.4) is 0 Å². The summed E-state index contributed by atoms with van der Waals surface area (Å²) in [5.41, 5.74) is 9.30. The number of hydrogen-bond donors (Lipinski definition) is 3. The second kappa shape index (κ2) is 33.7. The summed E-state index contributed by atoms with van der Waals surface area (Å²) in [6, 6.07) is 0. The van der Waals surface area contributed by atoms with Gasteiger partial charge in [0.25, 0.3) is 0 Å². The second-order valence-corrected chi connectivity index (χ2v) is 4.32. The van der Waals surface area contributed by atoms with Crippen molar-refractivity contribution in [1.29, 1.82) is 5.41 Å². The molecule has 0 heterocycles. The van der Waals surface area contributed by atoms with Crippen molar-refractivity contribution in [3.63, 3.8) is 0 Å². The van der Waals surface area contributed by atoms with E-state index in [0.29, 0.717) is 5.57 Å². The summed E-state index contributed by atoms with van der Waals surface area (Å²) in [6.45, 7) is 19.3. The highest BCUT2D eigenvalue weighted by atomic mass is 35.5. The van der Waals surface area contributed by atoms with Crippen molar-refractivity contribution in [2.45, 2.75) is 34.1 Å². The van der Waals surface area contributed by atoms with Gasteiger partial charge in [-0.15, -0.1) is 6.58 Å². The Balaban J connectivity index is -0.0000000840. The van der Waals surface area contributed by atoms with Crippen LogP contribution < -0.4 is 11.1 Å². The lowest BCUT2D eigenvalue weighted by atomic mass is 10.2. The Hall–Kier alpha value is -1.88. The molecular formula is C20H38ClN3O. The summed E-state index contributed by atoms with van der Waals surface area (Å²) < 4.78 is 0. The van der Waals surface area contributed by atoms with Crippen molar-refractivity contribution in [3.8, 4) is 0 Å². The number of hydrogen-bond acceptors (Lipinski definition) is 3. The SMILES string of the molecule is C=C(C)/C(C=N)=C/N.C=C/C(=C\C=C\Cl)CCNC.C=CC.CC.O. The summed E-state index contributed by atoms with van der Waals surface area (Å²) >= 11 is 5.36. The first-order valence-electron chi connectivity index (χ1n) is 7.87. The molecule has 0 aromatic rings. The molecule has 0 bridgehead atoms. The first-order valence-corrected chi connectivity index (χ1v) is 8.30. The number of halogens is 1. The first kappa shape index (κ1) is 34.5. The highest BCUT2D eigenvalue weighted by molar-refractivity contribution is 6.25. The summed E-state index contributed by atoms with van der Waals surface area (Å²) in [5.74, 6) is 0. The van der Waals surface area contributed by atoms with E-state index in [1.54, 1.807) is 12.2 Å². The van der Waals surface area contributed by atoms with Gasteiger partial charge in [0.1, 0.15) is 0 Å². The molecule has 0 radical (unpaired) electrons. The van der Waals surface area contributed by atoms with E-state index in [2.05, 4.69) is 25.1 Å². The van der Waals surface area contributed by atoms with Crippen LogP contribution in [0.1, 0.15) is 34.1 Å². The molecule has 0 fully saturated rings. The molecule has 0 aliphatic carbocycles. The Bertz CT molecular complexity index is 411. The zero-order valence-electron chi connectivity index (χ0n) is 16.5. The normalized spacial score (nSPS) is 9.68. The van der Waals surface area contributed by atoms with Crippen LogP contribution in [0.15, 0.2) is 72.5 Å². The van der Waals surface area contributed by atoms with Crippen LogP contribution in [-0.4, -0.2) is 25.3 Å². The van der Waals surface area contributed by atoms with Gasteiger partial charge in [-0.1, -0.05) is 62.9 Å². The molecular weight excluding hydrogens is 334 g/mol. The van der Waals surface area contributed by atoms with Crippen molar-refractivity contribution in [2.75, 3.05) is 13.6 Å². The molecule has 5 heteroatoms. The maximum atomic E-state index is 6.76. The van der Waals surface area contributed by atoms with Crippen LogP contribution in [0.5, 0.6) is 0 Å². The Morgan fingerprint density at radius 1 is 1.28 bits per heavy atom. The molecule has 0 saturated carbocycles. The third kappa shape index (κ3) is 34.5. The van der Waals surface area contributed by atoms with E-state index in [4.69, 9.17) is 22.7 Å². The van der Waals surface area contributed by atoms with Crippen LogP contribution in [0.2, 0.25) is 0 Å². The van der Waals surface area contributed by atoms with E-state index in [1.807, 2.05) is 46.9 Å². The van der Waals surface area contributed by atoms with Gasteiger partial charge in [0, 0.05) is 23.5 Å². The number of nitrogens with two attached hydrogens (primary N) is 1. The van der Waals surface area contributed by atoms with Crippen molar-refractivity contribution in [3.05, 3.63) is 72.5 Å². The van der Waals surface area contributed by atoms with Gasteiger partial charge < -0.3 is 21.9 Å². The number of nitrogens with one attached hydrogen (secondary N) is 2. The van der Waals surface area contributed by atoms with Gasteiger partial charge in [0.05, 0.1) is 0 Å². The molecule has 0 aliphatic rings. The first-order chi connectivity index (χ1) is 11.5. The summed E-state index contributed by atoms with van der Waals surface area (Å²) in [4.78, 5) is 0. The Morgan fingerprint density at radius 2 is 1.76 bits per heavy atom. The summed E-state index contributed by atoms with van der Waals surface area (Å²) in [7, 11) is 1.93. The van der Waals surface area contributed by atoms with Gasteiger partial charge in [-0.2, -0.15) is 0 Å². The Kier molecular flexibility index (Phi) is 46.4. The topological polar surface area (TPSA) is 93.4 Å². The highest BCUT2D eigenvalue weighted by Gasteiger charge is 1.88. The van der Waals surface area contributed by atoms with Crippen LogP contribution in [-0.2, 0) is 0 Å². The number of allylic oxidation sites excluding steroid dienone is 6. The summed E-state index contributed by atoms with van der Waals surface area (Å²) in [5, 5.41) is 9.82. The third-order valence-corrected chi connectivity index (χ3v) is 2.28. The maximum absolute atomic E-state index is 6.76. The fourth-order valence-electron chi connectivity index (χ4n) is 0.996. The average molecular weight is 372 g/mol. The van der Waals surface area contributed by atoms with Crippen LogP contribution in [0, 0.1) is 5.41 Å². The van der Waals surface area contributed by atoms with Crippen LogP contribution in [0.4, 0.5) is 0 Å². The zero-order chi connectivity index (χ0) is 19.8. The molecule has 0 spiro atoms. The van der Waals surface area contributed by atoms with E-state index in [0.717, 1.165) is 18.5 Å². The average Bonchev–Trinajstić information content (AvgIpc) is 2.59. The molecule has 0 rings (SSSR count). The van der Waals surface area contributed by atoms with Gasteiger partial charge in [-0.3, -0.25) is 0 Å². The molecule has 0 atom stereocenters. The van der Waals surface area contributed by atoms with Gasteiger partial charge in [0.2, 0.25) is 0 Å². The molecule has 0 aromatic carbocycles. The molecule has 0 aliphatic heterocycles. The van der Waals surface area contributed by atoms with Crippen molar-refractivity contribution in [2.24, 2.45) is 5.73 Å². The molecule has 0 unspecified atom stereocenters. The monoisotopic (exact) mass is 371 g/mol. The predicted molar refractivity (Wildman–Crippen MR) is 119 cm³/mol. The molecule has 0 aromatic heterocycles. The highest BCUT2D eigenvalue weighted by Crippen LogP contribution is 2.01. The lowest BCUT2D eigenvalue weighted by Crippen LogP contribution is -2.07. The minimum atomic E-state index is 0. The van der Waals surface area contributed by atoms with Crippen LogP contribution in [0.25, 0.3) is 0 Å². The zero-order valence-corrected chi connectivity index (χ0v) is 17.3. The molecule has 6 N–H and O–H groups in total. The lowest BCUT2D eigenvalue weighted by molar-refractivity contribution is 0.794. The fourth-order valence-corrected chi connectivity index (χ4v) is 1.07. The molecule has 0 saturated heterocycles. The van der Waals surface area contributed by atoms with Gasteiger partial charge in [-0.05, 0) is 45.0 Å². The molecule has 4 nitrogen and oxygen atoms in total. The van der Waals surface area contributed by atoms with Crippen LogP contribution >= 0.6 is 11.6 Å².